The van der Waals surface area contributed by atoms with Crippen LogP contribution in [0, 0.1) is 6.92 Å². The van der Waals surface area contributed by atoms with E-state index in [1.807, 2.05) is 37.3 Å². The number of fused-ring (bicyclic) bond motifs is 1. The average molecular weight is 387 g/mol. The molecule has 1 aliphatic heterocycles. The van der Waals surface area contributed by atoms with Gasteiger partial charge in [0.2, 0.25) is 0 Å². The number of furan rings is 1. The van der Waals surface area contributed by atoms with E-state index in [0.717, 1.165) is 11.1 Å². The SMILES string of the molecule is Cc1ccc(CN2C(=O)[C@@](O)(CC(=O)/C=C/c3ccco3)c3ccccc32)cc1. The average Bonchev–Trinajstić information content (AvgIpc) is 3.31. The van der Waals surface area contributed by atoms with E-state index < -0.39 is 11.5 Å². The van der Waals surface area contributed by atoms with Crippen LogP contribution in [-0.4, -0.2) is 16.8 Å². The molecule has 146 valence electrons. The molecule has 2 heterocycles. The number of anilines is 1. The van der Waals surface area contributed by atoms with Crippen molar-refractivity contribution in [3.8, 4) is 0 Å². The van der Waals surface area contributed by atoms with E-state index >= 15 is 0 Å². The lowest BCUT2D eigenvalue weighted by molar-refractivity contribution is -0.140. The molecule has 5 nitrogen and oxygen atoms in total. The van der Waals surface area contributed by atoms with Crippen molar-refractivity contribution in [3.63, 3.8) is 0 Å². The van der Waals surface area contributed by atoms with Crippen LogP contribution >= 0.6 is 0 Å². The van der Waals surface area contributed by atoms with E-state index in [1.54, 1.807) is 35.2 Å². The van der Waals surface area contributed by atoms with Gasteiger partial charge >= 0.3 is 0 Å². The summed E-state index contributed by atoms with van der Waals surface area (Å²) in [6.45, 7) is 2.33. The Balaban J connectivity index is 1.60. The van der Waals surface area contributed by atoms with Crippen LogP contribution in [0.1, 0.15) is 28.9 Å². The fourth-order valence-corrected chi connectivity index (χ4v) is 3.58. The van der Waals surface area contributed by atoms with Crippen LogP contribution < -0.4 is 4.90 Å². The molecule has 4 rings (SSSR count). The topological polar surface area (TPSA) is 70.8 Å². The molecule has 0 saturated heterocycles. The second kappa shape index (κ2) is 7.53. The van der Waals surface area contributed by atoms with Crippen LogP contribution in [0.4, 0.5) is 5.69 Å². The van der Waals surface area contributed by atoms with Gasteiger partial charge in [0.1, 0.15) is 5.76 Å². The lowest BCUT2D eigenvalue weighted by Crippen LogP contribution is -2.41. The van der Waals surface area contributed by atoms with Crippen LogP contribution in [0.5, 0.6) is 0 Å². The zero-order valence-corrected chi connectivity index (χ0v) is 16.0. The molecule has 0 radical (unpaired) electrons. The summed E-state index contributed by atoms with van der Waals surface area (Å²) in [5, 5.41) is 11.3. The monoisotopic (exact) mass is 387 g/mol. The van der Waals surface area contributed by atoms with E-state index in [0.29, 0.717) is 23.6 Å². The Morgan fingerprint density at radius 1 is 1.10 bits per heavy atom. The van der Waals surface area contributed by atoms with E-state index in [-0.39, 0.29) is 12.2 Å². The number of aryl methyl sites for hydroxylation is 1. The molecule has 1 aliphatic rings. The second-order valence-electron chi connectivity index (χ2n) is 7.25. The fourth-order valence-electron chi connectivity index (χ4n) is 3.58. The highest BCUT2D eigenvalue weighted by Gasteiger charge is 2.50. The van der Waals surface area contributed by atoms with Crippen molar-refractivity contribution in [2.75, 3.05) is 4.90 Å². The van der Waals surface area contributed by atoms with Gasteiger partial charge in [0.25, 0.3) is 5.91 Å². The molecule has 0 spiro atoms. The summed E-state index contributed by atoms with van der Waals surface area (Å²) < 4.78 is 5.17. The number of para-hydroxylation sites is 1. The Morgan fingerprint density at radius 3 is 2.59 bits per heavy atom. The van der Waals surface area contributed by atoms with Gasteiger partial charge in [-0.3, -0.25) is 9.59 Å². The third-order valence-electron chi connectivity index (χ3n) is 5.11. The van der Waals surface area contributed by atoms with E-state index in [1.165, 1.54) is 18.4 Å². The van der Waals surface area contributed by atoms with Crippen molar-refractivity contribution < 1.29 is 19.1 Å². The summed E-state index contributed by atoms with van der Waals surface area (Å²) in [6, 6.07) is 18.4. The van der Waals surface area contributed by atoms with Gasteiger partial charge in [0.05, 0.1) is 24.9 Å². The van der Waals surface area contributed by atoms with Gasteiger partial charge < -0.3 is 14.4 Å². The van der Waals surface area contributed by atoms with Gasteiger partial charge in [0.15, 0.2) is 11.4 Å². The number of carbonyl (C=O) groups excluding carboxylic acids is 2. The van der Waals surface area contributed by atoms with Crippen molar-refractivity contribution in [1.82, 2.24) is 0 Å². The molecule has 1 N–H and O–H groups in total. The van der Waals surface area contributed by atoms with Crippen molar-refractivity contribution >= 4 is 23.5 Å². The molecule has 3 aromatic rings. The standard InChI is InChI=1S/C24H21NO4/c1-17-8-10-18(11-9-17)16-25-22-7-3-2-6-21(22)24(28,23(25)27)15-19(26)12-13-20-5-4-14-29-20/h2-14,28H,15-16H2,1H3/b13-12+/t24-/m1/s1. The second-order valence-corrected chi connectivity index (χ2v) is 7.25. The molecule has 29 heavy (non-hydrogen) atoms. The Kier molecular flexibility index (Phi) is 4.91. The Hall–Kier alpha value is -3.44. The number of hydrogen-bond acceptors (Lipinski definition) is 4. The van der Waals surface area contributed by atoms with Crippen molar-refractivity contribution in [2.24, 2.45) is 0 Å². The summed E-state index contributed by atoms with van der Waals surface area (Å²) in [4.78, 5) is 27.2. The summed E-state index contributed by atoms with van der Waals surface area (Å²) in [5.74, 6) is -0.312. The minimum Gasteiger partial charge on any atom is -0.465 e. The zero-order valence-electron chi connectivity index (χ0n) is 16.0. The summed E-state index contributed by atoms with van der Waals surface area (Å²) in [6.07, 6.45) is 4.04. The van der Waals surface area contributed by atoms with Crippen molar-refractivity contribution in [1.29, 1.82) is 0 Å². The molecule has 0 saturated carbocycles. The summed E-state index contributed by atoms with van der Waals surface area (Å²) in [7, 11) is 0. The molecule has 0 aliphatic carbocycles. The van der Waals surface area contributed by atoms with Crippen LogP contribution in [0.15, 0.2) is 77.4 Å². The number of amides is 1. The van der Waals surface area contributed by atoms with Crippen LogP contribution in [-0.2, 0) is 21.7 Å². The van der Waals surface area contributed by atoms with Crippen molar-refractivity contribution in [2.45, 2.75) is 25.5 Å². The number of allylic oxidation sites excluding steroid dienone is 1. The minimum absolute atomic E-state index is 0.328. The highest BCUT2D eigenvalue weighted by Crippen LogP contribution is 2.43. The summed E-state index contributed by atoms with van der Waals surface area (Å²) in [5.41, 5.74) is 1.28. The normalized spacial score (nSPS) is 18.4. The first-order valence-electron chi connectivity index (χ1n) is 9.41. The van der Waals surface area contributed by atoms with Crippen LogP contribution in [0.2, 0.25) is 0 Å². The first-order chi connectivity index (χ1) is 14.0. The number of nitrogens with zero attached hydrogens (tertiary/aromatic N) is 1. The number of carbonyl (C=O) groups is 2. The van der Waals surface area contributed by atoms with E-state index in [2.05, 4.69) is 0 Å². The predicted octanol–water partition coefficient (Wildman–Crippen LogP) is 4.00. The smallest absolute Gasteiger partial charge is 0.264 e. The highest BCUT2D eigenvalue weighted by atomic mass is 16.3. The molecule has 0 unspecified atom stereocenters. The minimum atomic E-state index is -1.88. The van der Waals surface area contributed by atoms with Crippen LogP contribution in [0.25, 0.3) is 6.08 Å². The third kappa shape index (κ3) is 3.65. The van der Waals surface area contributed by atoms with Crippen LogP contribution in [0.3, 0.4) is 0 Å². The molecule has 0 bridgehead atoms. The molecule has 0 fully saturated rings. The predicted molar refractivity (Wildman–Crippen MR) is 110 cm³/mol. The van der Waals surface area contributed by atoms with Gasteiger partial charge in [-0.25, -0.2) is 0 Å². The van der Waals surface area contributed by atoms with E-state index in [9.17, 15) is 14.7 Å². The molecule has 5 heteroatoms. The van der Waals surface area contributed by atoms with Crippen molar-refractivity contribution in [3.05, 3.63) is 95.5 Å². The van der Waals surface area contributed by atoms with Gasteiger partial charge in [-0.05, 0) is 42.8 Å². The van der Waals surface area contributed by atoms with Gasteiger partial charge in [-0.15, -0.1) is 0 Å². The molecule has 1 aromatic heterocycles. The van der Waals surface area contributed by atoms with Gasteiger partial charge in [0, 0.05) is 5.56 Å². The maximum absolute atomic E-state index is 13.2. The largest absolute Gasteiger partial charge is 0.465 e. The Morgan fingerprint density at radius 2 is 1.86 bits per heavy atom. The van der Waals surface area contributed by atoms with Gasteiger partial charge in [-0.1, -0.05) is 48.0 Å². The number of benzene rings is 2. The Bertz CT molecular complexity index is 1070. The first-order valence-corrected chi connectivity index (χ1v) is 9.41. The first kappa shape index (κ1) is 18.9. The quantitative estimate of drug-likeness (QED) is 0.649. The molecule has 2 aromatic carbocycles. The number of rotatable bonds is 6. The highest BCUT2D eigenvalue weighted by molar-refractivity contribution is 6.10. The molecular formula is C24H21NO4. The fraction of sp³-hybridized carbons (Fsp3) is 0.167. The van der Waals surface area contributed by atoms with Gasteiger partial charge in [-0.2, -0.15) is 0 Å². The zero-order chi connectivity index (χ0) is 20.4. The Labute approximate surface area is 168 Å². The molecule has 1 amide bonds. The lowest BCUT2D eigenvalue weighted by atomic mass is 9.90. The molecule has 1 atom stereocenters. The third-order valence-corrected chi connectivity index (χ3v) is 5.11. The number of aliphatic hydroxyl groups is 1. The number of hydrogen-bond donors (Lipinski definition) is 1. The maximum Gasteiger partial charge on any atom is 0.264 e. The number of ketones is 1. The molecular weight excluding hydrogens is 366 g/mol. The summed E-state index contributed by atoms with van der Waals surface area (Å²) >= 11 is 0. The van der Waals surface area contributed by atoms with E-state index in [4.69, 9.17) is 4.42 Å². The lowest BCUT2D eigenvalue weighted by Gasteiger charge is -2.22. The maximum atomic E-state index is 13.2.